The molecule has 1 amide bonds. The van der Waals surface area contributed by atoms with Gasteiger partial charge in [-0.05, 0) is 32.0 Å². The molecule has 4 rings (SSSR count). The number of thiazole rings is 1. The van der Waals surface area contributed by atoms with E-state index < -0.39 is 0 Å². The lowest BCUT2D eigenvalue weighted by molar-refractivity contribution is 0.0953. The van der Waals surface area contributed by atoms with Crippen LogP contribution in [0.3, 0.4) is 0 Å². The van der Waals surface area contributed by atoms with Gasteiger partial charge in [0.25, 0.3) is 5.91 Å². The number of amides is 1. The minimum Gasteiger partial charge on any atom is -0.486 e. The Morgan fingerprint density at radius 2 is 2.00 bits per heavy atom. The molecule has 0 fully saturated rings. The molecule has 1 aliphatic rings. The van der Waals surface area contributed by atoms with Crippen LogP contribution in [-0.4, -0.2) is 29.3 Å². The Bertz CT molecular complexity index is 963. The number of aromatic nitrogens is 2. The molecule has 0 unspecified atom stereocenters. The SMILES string of the molecule is Cc1nc(C)c(C(=O)NCc2cc(-c3ccc4c(c3)OCCO4)on2)s1. The molecular weight excluding hydrogens is 354 g/mol. The van der Waals surface area contributed by atoms with Gasteiger partial charge in [-0.2, -0.15) is 0 Å². The van der Waals surface area contributed by atoms with Gasteiger partial charge in [-0.15, -0.1) is 11.3 Å². The summed E-state index contributed by atoms with van der Waals surface area (Å²) in [7, 11) is 0. The molecule has 26 heavy (non-hydrogen) atoms. The second kappa shape index (κ2) is 6.80. The summed E-state index contributed by atoms with van der Waals surface area (Å²) in [4.78, 5) is 17.2. The third-order valence-electron chi connectivity index (χ3n) is 3.93. The molecule has 7 nitrogen and oxygen atoms in total. The summed E-state index contributed by atoms with van der Waals surface area (Å²) in [6, 6.07) is 7.40. The third kappa shape index (κ3) is 3.28. The predicted octanol–water partition coefficient (Wildman–Crippen LogP) is 3.12. The van der Waals surface area contributed by atoms with Gasteiger partial charge in [0.15, 0.2) is 17.3 Å². The van der Waals surface area contributed by atoms with Crippen LogP contribution in [0.2, 0.25) is 0 Å². The van der Waals surface area contributed by atoms with Crippen molar-refractivity contribution in [3.63, 3.8) is 0 Å². The smallest absolute Gasteiger partial charge is 0.263 e. The first kappa shape index (κ1) is 16.6. The molecule has 1 N–H and O–H groups in total. The summed E-state index contributed by atoms with van der Waals surface area (Å²) in [6.07, 6.45) is 0. The summed E-state index contributed by atoms with van der Waals surface area (Å²) in [6.45, 7) is 5.07. The summed E-state index contributed by atoms with van der Waals surface area (Å²) < 4.78 is 16.5. The van der Waals surface area contributed by atoms with E-state index in [0.29, 0.717) is 35.3 Å². The maximum atomic E-state index is 12.3. The second-order valence-corrected chi connectivity index (χ2v) is 7.07. The van der Waals surface area contributed by atoms with Gasteiger partial charge >= 0.3 is 0 Å². The Morgan fingerprint density at radius 1 is 1.19 bits per heavy atom. The first-order chi connectivity index (χ1) is 12.6. The van der Waals surface area contributed by atoms with Crippen LogP contribution in [0.25, 0.3) is 11.3 Å². The maximum absolute atomic E-state index is 12.3. The zero-order valence-corrected chi connectivity index (χ0v) is 15.2. The molecule has 0 saturated carbocycles. The van der Waals surface area contributed by atoms with E-state index in [0.717, 1.165) is 22.0 Å². The lowest BCUT2D eigenvalue weighted by atomic mass is 10.1. The third-order valence-corrected chi connectivity index (χ3v) is 5.00. The highest BCUT2D eigenvalue weighted by Crippen LogP contribution is 2.34. The molecule has 0 radical (unpaired) electrons. The van der Waals surface area contributed by atoms with E-state index >= 15 is 0 Å². The van der Waals surface area contributed by atoms with Crippen molar-refractivity contribution in [2.24, 2.45) is 0 Å². The molecule has 8 heteroatoms. The monoisotopic (exact) mass is 371 g/mol. The number of rotatable bonds is 4. The highest BCUT2D eigenvalue weighted by Gasteiger charge is 2.16. The highest BCUT2D eigenvalue weighted by molar-refractivity contribution is 7.13. The Labute approximate surface area is 153 Å². The summed E-state index contributed by atoms with van der Waals surface area (Å²) in [5, 5.41) is 7.74. The van der Waals surface area contributed by atoms with E-state index in [4.69, 9.17) is 14.0 Å². The average Bonchev–Trinajstić information content (AvgIpc) is 3.25. The van der Waals surface area contributed by atoms with Crippen molar-refractivity contribution in [3.8, 4) is 22.8 Å². The number of benzene rings is 1. The molecule has 1 aliphatic heterocycles. The standard InChI is InChI=1S/C18H17N3O4S/c1-10-17(26-11(2)20-10)18(22)19-9-13-8-15(25-21-13)12-3-4-14-16(7-12)24-6-5-23-14/h3-4,7-8H,5-6,9H2,1-2H3,(H,19,22). The van der Waals surface area contributed by atoms with Crippen LogP contribution in [-0.2, 0) is 6.54 Å². The van der Waals surface area contributed by atoms with Crippen LogP contribution in [0.15, 0.2) is 28.8 Å². The number of carbonyl (C=O) groups excluding carboxylic acids is 1. The predicted molar refractivity (Wildman–Crippen MR) is 95.7 cm³/mol. The zero-order chi connectivity index (χ0) is 18.1. The quantitative estimate of drug-likeness (QED) is 0.758. The molecular formula is C18H17N3O4S. The molecule has 0 saturated heterocycles. The molecule has 3 heterocycles. The number of aryl methyl sites for hydroxylation is 2. The normalized spacial score (nSPS) is 12.8. The van der Waals surface area contributed by atoms with Crippen LogP contribution in [0.4, 0.5) is 0 Å². The van der Waals surface area contributed by atoms with E-state index in [1.54, 1.807) is 6.07 Å². The highest BCUT2D eigenvalue weighted by atomic mass is 32.1. The first-order valence-corrected chi connectivity index (χ1v) is 8.99. The molecule has 0 aliphatic carbocycles. The topological polar surface area (TPSA) is 86.5 Å². The van der Waals surface area contributed by atoms with Gasteiger partial charge in [-0.3, -0.25) is 4.79 Å². The molecule has 3 aromatic rings. The van der Waals surface area contributed by atoms with Crippen molar-refractivity contribution in [2.45, 2.75) is 20.4 Å². The van der Waals surface area contributed by atoms with Crippen molar-refractivity contribution >= 4 is 17.2 Å². The van der Waals surface area contributed by atoms with Crippen LogP contribution < -0.4 is 14.8 Å². The fourth-order valence-corrected chi connectivity index (χ4v) is 3.56. The number of fused-ring (bicyclic) bond motifs is 1. The van der Waals surface area contributed by atoms with Gasteiger partial charge in [0.2, 0.25) is 0 Å². The summed E-state index contributed by atoms with van der Waals surface area (Å²) in [5.74, 6) is 1.87. The van der Waals surface area contributed by atoms with Crippen molar-refractivity contribution in [1.82, 2.24) is 15.5 Å². The van der Waals surface area contributed by atoms with Gasteiger partial charge in [0, 0.05) is 11.6 Å². The number of hydrogen-bond donors (Lipinski definition) is 1. The van der Waals surface area contributed by atoms with E-state index in [1.807, 2.05) is 32.0 Å². The van der Waals surface area contributed by atoms with Crippen molar-refractivity contribution < 1.29 is 18.8 Å². The molecule has 0 atom stereocenters. The molecule has 2 aromatic heterocycles. The minimum absolute atomic E-state index is 0.156. The zero-order valence-electron chi connectivity index (χ0n) is 14.4. The molecule has 0 bridgehead atoms. The van der Waals surface area contributed by atoms with Gasteiger partial charge in [-0.1, -0.05) is 5.16 Å². The minimum atomic E-state index is -0.156. The molecule has 0 spiro atoms. The Kier molecular flexibility index (Phi) is 4.34. The number of ether oxygens (including phenoxy) is 2. The fourth-order valence-electron chi connectivity index (χ4n) is 2.72. The van der Waals surface area contributed by atoms with Crippen molar-refractivity contribution in [1.29, 1.82) is 0 Å². The Balaban J connectivity index is 1.45. The number of carbonyl (C=O) groups is 1. The first-order valence-electron chi connectivity index (χ1n) is 8.18. The van der Waals surface area contributed by atoms with Crippen LogP contribution in [0, 0.1) is 13.8 Å². The van der Waals surface area contributed by atoms with Gasteiger partial charge < -0.3 is 19.3 Å². The maximum Gasteiger partial charge on any atom is 0.263 e. The second-order valence-electron chi connectivity index (χ2n) is 5.87. The van der Waals surface area contributed by atoms with Gasteiger partial charge in [0.1, 0.15) is 23.8 Å². The largest absolute Gasteiger partial charge is 0.486 e. The summed E-state index contributed by atoms with van der Waals surface area (Å²) >= 11 is 1.38. The van der Waals surface area contributed by atoms with Crippen LogP contribution >= 0.6 is 11.3 Å². The van der Waals surface area contributed by atoms with Gasteiger partial charge in [-0.25, -0.2) is 4.98 Å². The van der Waals surface area contributed by atoms with E-state index in [9.17, 15) is 4.79 Å². The van der Waals surface area contributed by atoms with Crippen LogP contribution in [0.5, 0.6) is 11.5 Å². The van der Waals surface area contributed by atoms with E-state index in [-0.39, 0.29) is 12.5 Å². The number of nitrogens with one attached hydrogen (secondary N) is 1. The van der Waals surface area contributed by atoms with Crippen LogP contribution in [0.1, 0.15) is 26.1 Å². The molecule has 1 aromatic carbocycles. The lowest BCUT2D eigenvalue weighted by Crippen LogP contribution is -2.22. The van der Waals surface area contributed by atoms with Crippen molar-refractivity contribution in [2.75, 3.05) is 13.2 Å². The lowest BCUT2D eigenvalue weighted by Gasteiger charge is -2.18. The van der Waals surface area contributed by atoms with E-state index in [2.05, 4.69) is 15.5 Å². The summed E-state index contributed by atoms with van der Waals surface area (Å²) in [5.41, 5.74) is 2.22. The fraction of sp³-hybridized carbons (Fsp3) is 0.278. The molecule has 134 valence electrons. The number of nitrogens with zero attached hydrogens (tertiary/aromatic N) is 2. The van der Waals surface area contributed by atoms with Crippen molar-refractivity contribution in [3.05, 3.63) is 45.5 Å². The number of hydrogen-bond acceptors (Lipinski definition) is 7. The Morgan fingerprint density at radius 3 is 2.77 bits per heavy atom. The van der Waals surface area contributed by atoms with E-state index in [1.165, 1.54) is 11.3 Å². The Hall–Kier alpha value is -2.87. The van der Waals surface area contributed by atoms with Gasteiger partial charge in [0.05, 0.1) is 17.2 Å². The average molecular weight is 371 g/mol.